The van der Waals surface area contributed by atoms with E-state index in [9.17, 15) is 9.59 Å². The Morgan fingerprint density at radius 3 is 1.60 bits per heavy atom. The van der Waals surface area contributed by atoms with Crippen molar-refractivity contribution in [3.8, 4) is 0 Å². The number of aliphatic carboxylic acids is 1. The molecular weight excluding hydrogens is 376 g/mol. The molecule has 4 heteroatoms. The van der Waals surface area contributed by atoms with Gasteiger partial charge in [0.05, 0.1) is 19.4 Å². The highest BCUT2D eigenvalue weighted by atomic mass is 16.5. The van der Waals surface area contributed by atoms with E-state index in [2.05, 4.69) is 67.7 Å². The highest BCUT2D eigenvalue weighted by molar-refractivity contribution is 5.76. The molecule has 0 rings (SSSR count). The molecule has 4 nitrogen and oxygen atoms in total. The van der Waals surface area contributed by atoms with Crippen LogP contribution in [-0.4, -0.2) is 23.7 Å². The van der Waals surface area contributed by atoms with Crippen molar-refractivity contribution in [2.75, 3.05) is 6.61 Å². The largest absolute Gasteiger partial charge is 0.481 e. The van der Waals surface area contributed by atoms with Crippen LogP contribution >= 0.6 is 0 Å². The molecule has 0 saturated heterocycles. The molecule has 0 fully saturated rings. The lowest BCUT2D eigenvalue weighted by atomic mass is 10.2. The van der Waals surface area contributed by atoms with Gasteiger partial charge >= 0.3 is 11.9 Å². The van der Waals surface area contributed by atoms with E-state index in [0.29, 0.717) is 6.61 Å². The van der Waals surface area contributed by atoms with Crippen molar-refractivity contribution in [2.24, 2.45) is 0 Å². The lowest BCUT2D eigenvalue weighted by Crippen LogP contribution is -2.08. The van der Waals surface area contributed by atoms with Crippen LogP contribution in [0.5, 0.6) is 0 Å². The Labute approximate surface area is 183 Å². The summed E-state index contributed by atoms with van der Waals surface area (Å²) in [7, 11) is 0. The Kier molecular flexibility index (Phi) is 21.1. The van der Waals surface area contributed by atoms with E-state index in [1.54, 1.807) is 0 Å². The third-order valence-corrected chi connectivity index (χ3v) is 4.22. The fourth-order valence-corrected chi connectivity index (χ4v) is 2.50. The summed E-state index contributed by atoms with van der Waals surface area (Å²) >= 11 is 0. The van der Waals surface area contributed by atoms with Gasteiger partial charge in [0, 0.05) is 0 Å². The summed E-state index contributed by atoms with van der Waals surface area (Å²) < 4.78 is 4.96. The highest BCUT2D eigenvalue weighted by Gasteiger charge is 2.05. The molecule has 0 aromatic heterocycles. The van der Waals surface area contributed by atoms with Crippen LogP contribution in [-0.2, 0) is 14.3 Å². The summed E-state index contributed by atoms with van der Waals surface area (Å²) in [6.07, 6.45) is 32.2. The minimum absolute atomic E-state index is 0.0583. The van der Waals surface area contributed by atoms with Gasteiger partial charge in [0.2, 0.25) is 0 Å². The number of rotatable bonds is 19. The number of hydrogen-bond donors (Lipinski definition) is 1. The maximum Gasteiger partial charge on any atom is 0.306 e. The van der Waals surface area contributed by atoms with Crippen molar-refractivity contribution in [2.45, 2.75) is 84.0 Å². The number of hydrogen-bond acceptors (Lipinski definition) is 3. The van der Waals surface area contributed by atoms with Crippen LogP contribution in [0.3, 0.4) is 0 Å². The van der Waals surface area contributed by atoms with Crippen molar-refractivity contribution in [3.63, 3.8) is 0 Å². The maximum atomic E-state index is 11.2. The molecule has 0 aliphatic heterocycles. The minimum atomic E-state index is -0.980. The second-order valence-corrected chi connectivity index (χ2v) is 7.05. The fourth-order valence-electron chi connectivity index (χ4n) is 2.50. The van der Waals surface area contributed by atoms with Gasteiger partial charge in [-0.2, -0.15) is 0 Å². The van der Waals surface area contributed by atoms with Crippen molar-refractivity contribution >= 4 is 11.9 Å². The number of carbonyl (C=O) groups is 2. The second kappa shape index (κ2) is 22.9. The van der Waals surface area contributed by atoms with Crippen molar-refractivity contribution in [1.29, 1.82) is 0 Å². The average Bonchev–Trinajstić information content (AvgIpc) is 2.73. The summed E-state index contributed by atoms with van der Waals surface area (Å²) in [4.78, 5) is 21.6. The maximum absolute atomic E-state index is 11.2. The van der Waals surface area contributed by atoms with Crippen LogP contribution in [0.1, 0.15) is 84.0 Å². The molecule has 0 spiro atoms. The van der Waals surface area contributed by atoms with Crippen LogP contribution in [0.15, 0.2) is 60.8 Å². The van der Waals surface area contributed by atoms with Crippen molar-refractivity contribution in [3.05, 3.63) is 60.8 Å². The van der Waals surface area contributed by atoms with Gasteiger partial charge in [-0.05, 0) is 51.4 Å². The Morgan fingerprint density at radius 1 is 0.667 bits per heavy atom. The van der Waals surface area contributed by atoms with E-state index in [0.717, 1.165) is 38.5 Å². The first-order chi connectivity index (χ1) is 14.7. The van der Waals surface area contributed by atoms with E-state index in [1.165, 1.54) is 25.7 Å². The average molecular weight is 417 g/mol. The topological polar surface area (TPSA) is 63.6 Å². The molecule has 0 atom stereocenters. The lowest BCUT2D eigenvalue weighted by Gasteiger charge is -2.01. The highest BCUT2D eigenvalue weighted by Crippen LogP contribution is 2.01. The number of carboxylic acids is 1. The van der Waals surface area contributed by atoms with Crippen LogP contribution in [0.2, 0.25) is 0 Å². The molecule has 0 bridgehead atoms. The number of carboxylic acid groups (broad SMARTS) is 1. The first-order valence-corrected chi connectivity index (χ1v) is 11.3. The zero-order valence-electron chi connectivity index (χ0n) is 18.6. The number of unbranched alkanes of at least 4 members (excludes halogenated alkanes) is 4. The van der Waals surface area contributed by atoms with Gasteiger partial charge in [-0.15, -0.1) is 0 Å². The van der Waals surface area contributed by atoms with E-state index in [-0.39, 0.29) is 12.8 Å². The predicted molar refractivity (Wildman–Crippen MR) is 125 cm³/mol. The third-order valence-electron chi connectivity index (χ3n) is 4.22. The predicted octanol–water partition coefficient (Wildman–Crippen LogP) is 7.10. The number of carbonyl (C=O) groups excluding carboxylic acids is 1. The summed E-state index contributed by atoms with van der Waals surface area (Å²) in [5, 5.41) is 8.48. The number of allylic oxidation sites excluding steroid dienone is 10. The van der Waals surface area contributed by atoms with Crippen molar-refractivity contribution in [1.82, 2.24) is 0 Å². The van der Waals surface area contributed by atoms with Gasteiger partial charge in [-0.1, -0.05) is 80.5 Å². The SMILES string of the molecule is CCCCCC=CCC=CCC=CCC=CCC=CCCCOC(=O)CCC(=O)O. The Hall–Kier alpha value is -2.36. The lowest BCUT2D eigenvalue weighted by molar-refractivity contribution is -0.147. The number of esters is 1. The third kappa shape index (κ3) is 23.7. The molecule has 0 aromatic carbocycles. The first-order valence-electron chi connectivity index (χ1n) is 11.3. The summed E-state index contributed by atoms with van der Waals surface area (Å²) in [5.74, 6) is -1.42. The monoisotopic (exact) mass is 416 g/mol. The Balaban J connectivity index is 3.50. The van der Waals surface area contributed by atoms with Crippen LogP contribution < -0.4 is 0 Å². The molecule has 0 heterocycles. The van der Waals surface area contributed by atoms with Gasteiger partial charge in [0.25, 0.3) is 0 Å². The molecule has 0 radical (unpaired) electrons. The first kappa shape index (κ1) is 27.6. The molecule has 0 aromatic rings. The molecule has 1 N–H and O–H groups in total. The van der Waals surface area contributed by atoms with Gasteiger partial charge in [0.1, 0.15) is 0 Å². The normalized spacial score (nSPS) is 12.3. The summed E-state index contributed by atoms with van der Waals surface area (Å²) in [6.45, 7) is 2.57. The minimum Gasteiger partial charge on any atom is -0.481 e. The zero-order valence-corrected chi connectivity index (χ0v) is 18.6. The summed E-state index contributed by atoms with van der Waals surface area (Å²) in [5.41, 5.74) is 0. The Morgan fingerprint density at radius 2 is 1.13 bits per heavy atom. The number of ether oxygens (including phenoxy) is 1. The summed E-state index contributed by atoms with van der Waals surface area (Å²) in [6, 6.07) is 0. The van der Waals surface area contributed by atoms with E-state index < -0.39 is 11.9 Å². The van der Waals surface area contributed by atoms with Crippen LogP contribution in [0.25, 0.3) is 0 Å². The molecule has 0 aliphatic carbocycles. The Bertz CT molecular complexity index is 568. The van der Waals surface area contributed by atoms with Gasteiger partial charge in [0.15, 0.2) is 0 Å². The molecule has 168 valence electrons. The molecule has 0 amide bonds. The van der Waals surface area contributed by atoms with Gasteiger partial charge < -0.3 is 9.84 Å². The zero-order chi connectivity index (χ0) is 22.1. The van der Waals surface area contributed by atoms with Crippen LogP contribution in [0.4, 0.5) is 0 Å². The van der Waals surface area contributed by atoms with Crippen molar-refractivity contribution < 1.29 is 19.4 Å². The quantitative estimate of drug-likeness (QED) is 0.139. The second-order valence-electron chi connectivity index (χ2n) is 7.05. The molecule has 0 aliphatic rings. The van der Waals surface area contributed by atoms with E-state index in [4.69, 9.17) is 9.84 Å². The van der Waals surface area contributed by atoms with E-state index in [1.807, 2.05) is 0 Å². The van der Waals surface area contributed by atoms with Crippen LogP contribution in [0, 0.1) is 0 Å². The standard InChI is InChI=1S/C26H40O4/c1-2-3-4-5-6-7-8-9-10-11-12-13-14-15-16-17-18-19-20-21-24-30-26(29)23-22-25(27)28/h6-7,9-10,12-13,15-16,18-19H,2-5,8,11,14,17,20-24H2,1H3,(H,27,28). The fraction of sp³-hybridized carbons (Fsp3) is 0.538. The van der Waals surface area contributed by atoms with Gasteiger partial charge in [-0.25, -0.2) is 0 Å². The molecule has 0 saturated carbocycles. The smallest absolute Gasteiger partial charge is 0.306 e. The van der Waals surface area contributed by atoms with E-state index >= 15 is 0 Å². The molecule has 0 unspecified atom stereocenters. The van der Waals surface area contributed by atoms with Gasteiger partial charge in [-0.3, -0.25) is 9.59 Å². The molecule has 30 heavy (non-hydrogen) atoms. The molecular formula is C26H40O4.